The molecule has 0 aliphatic carbocycles. The van der Waals surface area contributed by atoms with E-state index in [1.165, 1.54) is 7.11 Å². The van der Waals surface area contributed by atoms with Crippen molar-refractivity contribution in [3.63, 3.8) is 0 Å². The number of ether oxygens (including phenoxy) is 2. The normalized spacial score (nSPS) is 8.00. The van der Waals surface area contributed by atoms with Gasteiger partial charge < -0.3 is 19.7 Å². The van der Waals surface area contributed by atoms with Gasteiger partial charge in [-0.15, -0.1) is 0 Å². The molecule has 7 heteroatoms. The molecule has 0 bridgehead atoms. The number of carbonyl (C=O) groups excluding carboxylic acids is 2. The van der Waals surface area contributed by atoms with Crippen molar-refractivity contribution in [2.45, 2.75) is 20.3 Å². The van der Waals surface area contributed by atoms with Crippen LogP contribution < -0.4 is 0 Å². The number of aliphatic hydroxyl groups is 1. The molecule has 0 aromatic carbocycles. The van der Waals surface area contributed by atoms with E-state index in [-0.39, 0.29) is 19.2 Å². The minimum Gasteiger partial charge on any atom is -0.478 e. The number of hydrogen-bond donors (Lipinski definition) is 2. The van der Waals surface area contributed by atoms with E-state index < -0.39 is 11.9 Å². The van der Waals surface area contributed by atoms with Gasteiger partial charge in [0.25, 0.3) is 0 Å². The molecule has 0 amide bonds. The van der Waals surface area contributed by atoms with Crippen LogP contribution in [-0.4, -0.2) is 48.4 Å². The third-order valence-electron chi connectivity index (χ3n) is 1.59. The van der Waals surface area contributed by atoms with Gasteiger partial charge in [-0.2, -0.15) is 0 Å². The van der Waals surface area contributed by atoms with Crippen LogP contribution in [0.25, 0.3) is 0 Å². The van der Waals surface area contributed by atoms with Gasteiger partial charge >= 0.3 is 17.9 Å². The molecule has 0 radical (unpaired) electrons. The second kappa shape index (κ2) is 16.6. The molecule has 2 N–H and O–H groups in total. The highest BCUT2D eigenvalue weighted by atomic mass is 16.5. The van der Waals surface area contributed by atoms with Gasteiger partial charge in [0.1, 0.15) is 0 Å². The molecule has 0 saturated heterocycles. The molecule has 0 heterocycles. The molecule has 0 aliphatic heterocycles. The molecule has 0 aliphatic rings. The molecule has 0 unspecified atom stereocenters. The lowest BCUT2D eigenvalue weighted by Gasteiger charge is -2.00. The fourth-order valence-corrected chi connectivity index (χ4v) is 0.527. The van der Waals surface area contributed by atoms with Gasteiger partial charge in [-0.25, -0.2) is 14.4 Å². The highest BCUT2D eigenvalue weighted by molar-refractivity contribution is 5.87. The molecule has 0 fully saturated rings. The van der Waals surface area contributed by atoms with E-state index in [9.17, 15) is 14.4 Å². The number of aliphatic carboxylic acids is 1. The lowest BCUT2D eigenvalue weighted by molar-refractivity contribution is -0.139. The third kappa shape index (κ3) is 22.7. The maximum Gasteiger partial charge on any atom is 0.333 e. The summed E-state index contributed by atoms with van der Waals surface area (Å²) in [5, 5.41) is 15.9. The quantitative estimate of drug-likeness (QED) is 0.434. The van der Waals surface area contributed by atoms with E-state index in [4.69, 9.17) is 10.2 Å². The number of carboxylic acid groups (broad SMARTS) is 1. The number of methoxy groups -OCH3 is 1. The Balaban J connectivity index is -0.000000263. The van der Waals surface area contributed by atoms with Crippen molar-refractivity contribution in [3.8, 4) is 0 Å². The maximum absolute atomic E-state index is 10.6. The molecule has 126 valence electrons. The molecular weight excluding hydrogens is 292 g/mol. The summed E-state index contributed by atoms with van der Waals surface area (Å²) >= 11 is 0. The minimum absolute atomic E-state index is 0.0451. The molecular formula is C15H24O7. The van der Waals surface area contributed by atoms with Crippen LogP contribution in [-0.2, 0) is 23.9 Å². The molecule has 0 rings (SSSR count). The fourth-order valence-electron chi connectivity index (χ4n) is 0.527. The summed E-state index contributed by atoms with van der Waals surface area (Å²) in [7, 11) is 1.33. The van der Waals surface area contributed by atoms with Crippen LogP contribution in [0.15, 0.2) is 37.0 Å². The van der Waals surface area contributed by atoms with Crippen LogP contribution >= 0.6 is 0 Å². The number of hydrogen-bond acceptors (Lipinski definition) is 6. The van der Waals surface area contributed by atoms with Gasteiger partial charge in [0, 0.05) is 30.2 Å². The smallest absolute Gasteiger partial charge is 0.333 e. The average Bonchev–Trinajstić information content (AvgIpc) is 2.47. The SMILES string of the molecule is C=C(C)C(=O)OC.C=C(C)C(=O)OCCCO.C=CC(=O)O. The lowest BCUT2D eigenvalue weighted by atomic mass is 10.4. The van der Waals surface area contributed by atoms with Crippen LogP contribution in [0, 0.1) is 0 Å². The third-order valence-corrected chi connectivity index (χ3v) is 1.59. The van der Waals surface area contributed by atoms with Crippen LogP contribution in [0.2, 0.25) is 0 Å². The highest BCUT2D eigenvalue weighted by Gasteiger charge is 2.00. The first-order valence-electron chi connectivity index (χ1n) is 6.16. The molecule has 0 atom stereocenters. The Hall–Kier alpha value is -2.41. The summed E-state index contributed by atoms with van der Waals surface area (Å²) in [5.74, 6) is -1.72. The van der Waals surface area contributed by atoms with Gasteiger partial charge in [0.15, 0.2) is 0 Å². The van der Waals surface area contributed by atoms with Crippen molar-refractivity contribution < 1.29 is 34.1 Å². The van der Waals surface area contributed by atoms with Crippen molar-refractivity contribution in [2.75, 3.05) is 20.3 Å². The van der Waals surface area contributed by atoms with Crippen LogP contribution in [0.5, 0.6) is 0 Å². The first kappa shape index (κ1) is 24.6. The van der Waals surface area contributed by atoms with E-state index in [1.54, 1.807) is 13.8 Å². The van der Waals surface area contributed by atoms with Gasteiger partial charge in [-0.1, -0.05) is 19.7 Å². The number of carboxylic acids is 1. The monoisotopic (exact) mass is 316 g/mol. The Bertz CT molecular complexity index is 397. The Kier molecular flexibility index (Phi) is 18.6. The Labute approximate surface area is 130 Å². The number of carbonyl (C=O) groups is 3. The van der Waals surface area contributed by atoms with Gasteiger partial charge in [0.2, 0.25) is 0 Å². The van der Waals surface area contributed by atoms with Gasteiger partial charge in [0.05, 0.1) is 13.7 Å². The molecule has 7 nitrogen and oxygen atoms in total. The Morgan fingerprint density at radius 3 is 1.68 bits per heavy atom. The Morgan fingerprint density at radius 2 is 1.50 bits per heavy atom. The maximum atomic E-state index is 10.6. The molecule has 0 spiro atoms. The topological polar surface area (TPSA) is 110 Å². The second-order valence-corrected chi connectivity index (χ2v) is 3.81. The van der Waals surface area contributed by atoms with Crippen LogP contribution in [0.1, 0.15) is 20.3 Å². The van der Waals surface area contributed by atoms with Gasteiger partial charge in [-0.3, -0.25) is 0 Å². The van der Waals surface area contributed by atoms with E-state index in [1.807, 2.05) is 0 Å². The second-order valence-electron chi connectivity index (χ2n) is 3.81. The molecule has 22 heavy (non-hydrogen) atoms. The molecule has 0 aromatic rings. The van der Waals surface area contributed by atoms with E-state index >= 15 is 0 Å². The van der Waals surface area contributed by atoms with Crippen molar-refractivity contribution in [3.05, 3.63) is 37.0 Å². The predicted molar refractivity (Wildman–Crippen MR) is 82.1 cm³/mol. The standard InChI is InChI=1S/C7H12O3.C5H8O2.C3H4O2/c1-6(2)7(9)10-5-3-4-8;1-4(2)5(6)7-3;1-2-3(4)5/h8H,1,3-5H2,2H3;1H2,2-3H3;2H,1H2,(H,4,5). The zero-order chi connectivity index (χ0) is 18.1. The van der Waals surface area contributed by atoms with Crippen molar-refractivity contribution in [1.82, 2.24) is 0 Å². The summed E-state index contributed by atoms with van der Waals surface area (Å²) in [6.07, 6.45) is 1.32. The largest absolute Gasteiger partial charge is 0.478 e. The summed E-state index contributed by atoms with van der Waals surface area (Å²) < 4.78 is 8.92. The first-order valence-corrected chi connectivity index (χ1v) is 6.16. The average molecular weight is 316 g/mol. The molecule has 0 saturated carbocycles. The van der Waals surface area contributed by atoms with E-state index in [0.717, 1.165) is 6.08 Å². The van der Waals surface area contributed by atoms with Crippen molar-refractivity contribution in [1.29, 1.82) is 0 Å². The van der Waals surface area contributed by atoms with Gasteiger partial charge in [-0.05, 0) is 13.8 Å². The summed E-state index contributed by atoms with van der Waals surface area (Å²) in [4.78, 5) is 30.1. The minimum atomic E-state index is -0.981. The van der Waals surface area contributed by atoms with E-state index in [2.05, 4.69) is 29.2 Å². The van der Waals surface area contributed by atoms with Crippen LogP contribution in [0.3, 0.4) is 0 Å². The van der Waals surface area contributed by atoms with Crippen LogP contribution in [0.4, 0.5) is 0 Å². The Morgan fingerprint density at radius 1 is 1.09 bits per heavy atom. The summed E-state index contributed by atoms with van der Waals surface area (Å²) in [5.41, 5.74) is 0.820. The van der Waals surface area contributed by atoms with Crippen molar-refractivity contribution >= 4 is 17.9 Å². The van der Waals surface area contributed by atoms with E-state index in [0.29, 0.717) is 17.6 Å². The zero-order valence-electron chi connectivity index (χ0n) is 13.3. The zero-order valence-corrected chi connectivity index (χ0v) is 13.3. The predicted octanol–water partition coefficient (Wildman–Crippen LogP) is 1.48. The summed E-state index contributed by atoms with van der Waals surface area (Å²) in [6, 6.07) is 0. The van der Waals surface area contributed by atoms with Crippen molar-refractivity contribution in [2.24, 2.45) is 0 Å². The first-order chi connectivity index (χ1) is 10.1. The summed E-state index contributed by atoms with van der Waals surface area (Å²) in [6.45, 7) is 13.2. The number of esters is 2. The fraction of sp³-hybridized carbons (Fsp3) is 0.400. The number of aliphatic hydroxyl groups excluding tert-OH is 1. The lowest BCUT2D eigenvalue weighted by Crippen LogP contribution is -2.06. The molecule has 0 aromatic heterocycles. The number of rotatable bonds is 6. The highest BCUT2D eigenvalue weighted by Crippen LogP contribution is 1.92.